The second kappa shape index (κ2) is 5.05. The first-order valence-electron chi connectivity index (χ1n) is 1.37. The maximum absolute atomic E-state index is 9.09. The van der Waals surface area contributed by atoms with Crippen LogP contribution in [0.4, 0.5) is 0 Å². The summed E-state index contributed by atoms with van der Waals surface area (Å²) in [6, 6.07) is 0. The zero-order valence-electron chi connectivity index (χ0n) is 3.76. The predicted molar refractivity (Wildman–Crippen MR) is 16.4 cm³/mol. The van der Waals surface area contributed by atoms with Gasteiger partial charge in [-0.25, -0.2) is 0 Å². The van der Waals surface area contributed by atoms with Crippen molar-refractivity contribution in [2.24, 2.45) is 0 Å². The van der Waals surface area contributed by atoms with E-state index in [0.717, 1.165) is 0 Å². The summed E-state index contributed by atoms with van der Waals surface area (Å²) in [6.45, 7) is 3.21. The number of carbonyl (C=O) groups excluding carboxylic acids is 1. The number of hydrogen-bond donors (Lipinski definition) is 0. The van der Waals surface area contributed by atoms with E-state index < -0.39 is 0 Å². The minimum Gasteiger partial charge on any atom is -0.463 e. The molecular weight excluding hydrogens is 119 g/mol. The first-order valence-corrected chi connectivity index (χ1v) is 1.37. The van der Waals surface area contributed by atoms with Crippen molar-refractivity contribution in [3.8, 4) is 0 Å². The van der Waals surface area contributed by atoms with Crippen molar-refractivity contribution >= 4 is 5.78 Å². The summed E-state index contributed by atoms with van der Waals surface area (Å²) in [7, 11) is 0. The predicted octanol–water partition coefficient (Wildman–Crippen LogP) is -0.596. The maximum atomic E-state index is 9.09. The van der Waals surface area contributed by atoms with Gasteiger partial charge in [-0.3, -0.25) is 0 Å². The molecule has 0 rings (SSSR count). The van der Waals surface area contributed by atoms with Crippen molar-refractivity contribution in [1.82, 2.24) is 0 Å². The van der Waals surface area contributed by atoms with E-state index in [1.165, 1.54) is 0 Å². The first kappa shape index (κ1) is 9.41. The molecular formula is C3H6O2V. The van der Waals surface area contributed by atoms with Gasteiger partial charge in [0, 0.05) is 18.6 Å². The number of ketones is 1. The smallest absolute Gasteiger partial charge is 0.323 e. The van der Waals surface area contributed by atoms with Gasteiger partial charge in [0.15, 0.2) is 0 Å². The van der Waals surface area contributed by atoms with E-state index in [1.54, 1.807) is 13.8 Å². The van der Waals surface area contributed by atoms with E-state index in [9.17, 15) is 0 Å². The van der Waals surface area contributed by atoms with Crippen LogP contribution in [0.3, 0.4) is 0 Å². The minimum atomic E-state index is 0. The molecule has 0 spiro atoms. The number of hydrogen-bond acceptors (Lipinski definition) is 1. The van der Waals surface area contributed by atoms with Gasteiger partial charge >= 0.3 is 5.78 Å². The van der Waals surface area contributed by atoms with Crippen LogP contribution in [0.25, 0.3) is 0 Å². The number of rotatable bonds is 0. The third kappa shape index (κ3) is 8.96. The average Bonchev–Trinajstić information content (AvgIpc) is 1.38. The standard InChI is InChI=1S/C3H6O2.V/c1-3(2)5-4;/h1-2H3;. The van der Waals surface area contributed by atoms with Crippen molar-refractivity contribution in [2.75, 3.05) is 0 Å². The van der Waals surface area contributed by atoms with Crippen LogP contribution in [0.1, 0.15) is 13.8 Å². The van der Waals surface area contributed by atoms with Crippen molar-refractivity contribution in [3.63, 3.8) is 0 Å². The first-order chi connectivity index (χ1) is 2.27. The molecule has 0 amide bonds. The molecule has 0 bridgehead atoms. The van der Waals surface area contributed by atoms with Crippen molar-refractivity contribution in [3.05, 3.63) is 0 Å². The van der Waals surface area contributed by atoms with E-state index >= 15 is 0 Å². The van der Waals surface area contributed by atoms with Gasteiger partial charge in [0.25, 0.3) is 0 Å². The second-order valence-electron chi connectivity index (χ2n) is 0.992. The van der Waals surface area contributed by atoms with Crippen LogP contribution in [0.15, 0.2) is 0 Å². The maximum Gasteiger partial charge on any atom is 0.323 e. The van der Waals surface area contributed by atoms with E-state index in [-0.39, 0.29) is 18.6 Å². The third-order valence-electron chi connectivity index (χ3n) is 0.167. The van der Waals surface area contributed by atoms with Gasteiger partial charge in [0.2, 0.25) is 0 Å². The van der Waals surface area contributed by atoms with Gasteiger partial charge in [-0.1, -0.05) is 0 Å². The molecule has 2 nitrogen and oxygen atoms in total. The fourth-order valence-electron chi connectivity index (χ4n) is 0. The molecule has 0 unspecified atom stereocenters. The summed E-state index contributed by atoms with van der Waals surface area (Å²) in [5, 5.41) is 9.09. The molecule has 0 aromatic carbocycles. The Morgan fingerprint density at radius 2 is 1.67 bits per heavy atom. The Morgan fingerprint density at radius 1 is 1.50 bits per heavy atom. The Morgan fingerprint density at radius 3 is 1.67 bits per heavy atom. The summed E-state index contributed by atoms with van der Waals surface area (Å²) in [5.41, 5.74) is 0. The summed E-state index contributed by atoms with van der Waals surface area (Å²) in [4.78, 5) is 0. The van der Waals surface area contributed by atoms with Crippen LogP contribution in [0.2, 0.25) is 0 Å². The van der Waals surface area contributed by atoms with Crippen LogP contribution in [-0.4, -0.2) is 5.78 Å². The monoisotopic (exact) mass is 125 g/mol. The van der Waals surface area contributed by atoms with Crippen molar-refractivity contribution in [2.45, 2.75) is 13.8 Å². The SMILES string of the molecule is CC(C)=[O+][O-].[V]. The van der Waals surface area contributed by atoms with Crippen LogP contribution < -0.4 is 5.26 Å². The Hall–Kier alpha value is 0.0544. The van der Waals surface area contributed by atoms with Gasteiger partial charge in [-0.05, 0) is 0 Å². The van der Waals surface area contributed by atoms with Crippen molar-refractivity contribution in [1.29, 1.82) is 0 Å². The average molecular weight is 125 g/mol. The van der Waals surface area contributed by atoms with E-state index in [2.05, 4.69) is 4.58 Å². The molecule has 0 N–H and O–H groups in total. The molecule has 0 aromatic heterocycles. The summed E-state index contributed by atoms with van der Waals surface area (Å²) in [6.07, 6.45) is 0. The molecule has 0 saturated carbocycles. The Kier molecular flexibility index (Phi) is 7.93. The quantitative estimate of drug-likeness (QED) is 0.242. The van der Waals surface area contributed by atoms with Crippen LogP contribution in [0.5, 0.6) is 0 Å². The van der Waals surface area contributed by atoms with Crippen LogP contribution in [0, 0.1) is 0 Å². The van der Waals surface area contributed by atoms with Gasteiger partial charge in [-0.15, -0.1) is 0 Å². The molecule has 0 aliphatic carbocycles. The molecule has 0 aromatic rings. The third-order valence-corrected chi connectivity index (χ3v) is 0.167. The Labute approximate surface area is 48.7 Å². The van der Waals surface area contributed by atoms with Crippen molar-refractivity contribution < 1.29 is 28.4 Å². The van der Waals surface area contributed by atoms with E-state index in [1.807, 2.05) is 0 Å². The minimum absolute atomic E-state index is 0. The zero-order chi connectivity index (χ0) is 4.28. The van der Waals surface area contributed by atoms with Gasteiger partial charge in [0.1, 0.15) is 0 Å². The molecule has 0 aliphatic heterocycles. The fraction of sp³-hybridized carbons (Fsp3) is 0.667. The summed E-state index contributed by atoms with van der Waals surface area (Å²) in [5.74, 6) is 0.449. The zero-order valence-corrected chi connectivity index (χ0v) is 5.16. The Bertz CT molecular complexity index is 46.8. The molecule has 3 heteroatoms. The van der Waals surface area contributed by atoms with Crippen LogP contribution >= 0.6 is 0 Å². The Balaban J connectivity index is 0. The topological polar surface area (TPSA) is 34.4 Å². The van der Waals surface area contributed by atoms with E-state index in [0.29, 0.717) is 5.78 Å². The molecule has 0 atom stereocenters. The molecule has 35 valence electrons. The molecule has 6 heavy (non-hydrogen) atoms. The molecule has 0 fully saturated rings. The molecule has 0 heterocycles. The molecule has 1 radical (unpaired) electrons. The van der Waals surface area contributed by atoms with Gasteiger partial charge in [-0.2, -0.15) is 4.58 Å². The largest absolute Gasteiger partial charge is 0.463 e. The summed E-state index contributed by atoms with van der Waals surface area (Å²) >= 11 is 0. The molecule has 0 saturated heterocycles. The van der Waals surface area contributed by atoms with Crippen LogP contribution in [-0.2, 0) is 23.1 Å². The fourth-order valence-corrected chi connectivity index (χ4v) is 0. The summed E-state index contributed by atoms with van der Waals surface area (Å²) < 4.78 is 3.42. The second-order valence-corrected chi connectivity index (χ2v) is 0.992. The normalized spacial score (nSPS) is 5.67. The molecule has 0 aliphatic rings. The van der Waals surface area contributed by atoms with E-state index in [4.69, 9.17) is 5.26 Å². The van der Waals surface area contributed by atoms with Gasteiger partial charge in [0.05, 0.1) is 13.8 Å². The van der Waals surface area contributed by atoms with Gasteiger partial charge < -0.3 is 5.26 Å².